The summed E-state index contributed by atoms with van der Waals surface area (Å²) < 4.78 is 5.98. The van der Waals surface area contributed by atoms with Crippen molar-refractivity contribution in [1.82, 2.24) is 5.01 Å². The van der Waals surface area contributed by atoms with Gasteiger partial charge in [-0.2, -0.15) is 15.1 Å². The number of nitrogens with one attached hydrogen (secondary N) is 1. The van der Waals surface area contributed by atoms with Crippen LogP contribution in [0.25, 0.3) is 16.8 Å². The molecule has 6 rings (SSSR count). The van der Waals surface area contributed by atoms with Crippen LogP contribution in [0.15, 0.2) is 115 Å². The number of fused-ring (bicyclic) bond motifs is 2. The summed E-state index contributed by atoms with van der Waals surface area (Å²) >= 11 is 2.84. The topological polar surface area (TPSA) is 82.0 Å². The highest BCUT2D eigenvalue weighted by atomic mass is 32.2. The van der Waals surface area contributed by atoms with Gasteiger partial charge in [-0.15, -0.1) is 0 Å². The first kappa shape index (κ1) is 21.6. The fraction of sp³-hybridized carbons (Fsp3) is 0.0370. The van der Waals surface area contributed by atoms with Crippen molar-refractivity contribution in [3.63, 3.8) is 0 Å². The van der Waals surface area contributed by atoms with Crippen molar-refractivity contribution in [2.45, 2.75) is 16.4 Å². The number of furan rings is 1. The molecule has 3 aromatic carbocycles. The number of amides is 1. The largest absolute Gasteiger partial charge is 0.450 e. The molecule has 0 aliphatic carbocycles. The minimum absolute atomic E-state index is 0.00443. The van der Waals surface area contributed by atoms with E-state index >= 15 is 0 Å². The summed E-state index contributed by atoms with van der Waals surface area (Å²) in [5.74, 6) is 0.0135. The van der Waals surface area contributed by atoms with Gasteiger partial charge in [0.15, 0.2) is 10.9 Å². The minimum Gasteiger partial charge on any atom is -0.450 e. The van der Waals surface area contributed by atoms with Crippen molar-refractivity contribution < 1.29 is 9.21 Å². The zero-order valence-corrected chi connectivity index (χ0v) is 20.0. The second kappa shape index (κ2) is 9.05. The number of thioether (sulfide) groups is 1. The zero-order chi connectivity index (χ0) is 23.8. The van der Waals surface area contributed by atoms with E-state index in [1.54, 1.807) is 12.1 Å². The van der Waals surface area contributed by atoms with E-state index in [-0.39, 0.29) is 11.4 Å². The molecule has 1 aromatic heterocycles. The first-order chi connectivity index (χ1) is 17.1. The maximum absolute atomic E-state index is 12.7. The van der Waals surface area contributed by atoms with Crippen LogP contribution in [0, 0.1) is 5.41 Å². The quantitative estimate of drug-likeness (QED) is 0.323. The van der Waals surface area contributed by atoms with Crippen LogP contribution < -0.4 is 0 Å². The molecule has 170 valence electrons. The first-order valence-corrected chi connectivity index (χ1v) is 12.6. The number of nitrogens with zero attached hydrogens (tertiary/aromatic N) is 3. The molecule has 0 saturated heterocycles. The van der Waals surface area contributed by atoms with E-state index in [1.165, 1.54) is 28.5 Å². The van der Waals surface area contributed by atoms with Crippen molar-refractivity contribution in [2.24, 2.45) is 10.1 Å². The molecule has 0 fully saturated rings. The summed E-state index contributed by atoms with van der Waals surface area (Å²) in [7, 11) is 0. The highest BCUT2D eigenvalue weighted by molar-refractivity contribution is 8.26. The van der Waals surface area contributed by atoms with E-state index in [9.17, 15) is 4.79 Å². The molecule has 35 heavy (non-hydrogen) atoms. The molecular weight excluding hydrogens is 476 g/mol. The van der Waals surface area contributed by atoms with Gasteiger partial charge in [-0.05, 0) is 52.4 Å². The van der Waals surface area contributed by atoms with Gasteiger partial charge in [0.25, 0.3) is 5.91 Å². The molecule has 2 aliphatic rings. The monoisotopic (exact) mass is 494 g/mol. The standard InChI is InChI=1S/C27H18N4O2S2/c28-25-21(26(32)29-27-31(25)30-23(35-27)15-17-7-2-1-3-8-17)16-19-13-14-24(33-19)34-22-12-6-10-18-9-4-5-11-20(18)22/h1-14,16,28H,15H2/b21-16+,28-25?. The molecule has 2 aliphatic heterocycles. The number of carbonyl (C=O) groups is 1. The van der Waals surface area contributed by atoms with Crippen LogP contribution in [0.5, 0.6) is 0 Å². The molecule has 0 radical (unpaired) electrons. The van der Waals surface area contributed by atoms with E-state index in [2.05, 4.69) is 34.4 Å². The van der Waals surface area contributed by atoms with Gasteiger partial charge < -0.3 is 4.42 Å². The Balaban J connectivity index is 1.23. The third-order valence-electron chi connectivity index (χ3n) is 5.54. The third kappa shape index (κ3) is 4.34. The van der Waals surface area contributed by atoms with Crippen LogP contribution in [0.4, 0.5) is 0 Å². The lowest BCUT2D eigenvalue weighted by Crippen LogP contribution is -2.35. The molecule has 1 amide bonds. The molecule has 6 nitrogen and oxygen atoms in total. The number of aliphatic imine (C=N–C) groups is 1. The van der Waals surface area contributed by atoms with Crippen LogP contribution >= 0.6 is 23.5 Å². The maximum atomic E-state index is 12.7. The maximum Gasteiger partial charge on any atom is 0.283 e. The van der Waals surface area contributed by atoms with Gasteiger partial charge in [-0.3, -0.25) is 10.2 Å². The van der Waals surface area contributed by atoms with Crippen molar-refractivity contribution in [3.8, 4) is 0 Å². The summed E-state index contributed by atoms with van der Waals surface area (Å²) in [5, 5.41) is 18.8. The summed E-state index contributed by atoms with van der Waals surface area (Å²) in [4.78, 5) is 18.0. The molecular formula is C27H18N4O2S2. The Bertz CT molecular complexity index is 1570. The molecule has 3 heterocycles. The molecule has 0 bridgehead atoms. The van der Waals surface area contributed by atoms with Crippen LogP contribution in [0.1, 0.15) is 11.3 Å². The molecule has 0 saturated carbocycles. The molecule has 8 heteroatoms. The van der Waals surface area contributed by atoms with Gasteiger partial charge in [0.2, 0.25) is 5.17 Å². The fourth-order valence-electron chi connectivity index (χ4n) is 3.88. The number of hydrazone groups is 1. The third-order valence-corrected chi connectivity index (χ3v) is 7.45. The predicted molar refractivity (Wildman–Crippen MR) is 142 cm³/mol. The number of carbonyl (C=O) groups excluding carboxylic acids is 1. The van der Waals surface area contributed by atoms with E-state index < -0.39 is 5.91 Å². The van der Waals surface area contributed by atoms with E-state index in [1.807, 2.05) is 54.6 Å². The second-order valence-corrected chi connectivity index (χ2v) is 10.00. The normalized spacial score (nSPS) is 16.6. The van der Waals surface area contributed by atoms with Crippen LogP contribution in [-0.4, -0.2) is 27.0 Å². The van der Waals surface area contributed by atoms with Crippen molar-refractivity contribution in [3.05, 3.63) is 102 Å². The van der Waals surface area contributed by atoms with Gasteiger partial charge in [0.1, 0.15) is 10.8 Å². The number of benzene rings is 3. The Kier molecular flexibility index (Phi) is 5.60. The minimum atomic E-state index is -0.468. The van der Waals surface area contributed by atoms with Crippen molar-refractivity contribution >= 4 is 62.3 Å². The Labute approximate surface area is 209 Å². The lowest BCUT2D eigenvalue weighted by atomic mass is 10.1. The van der Waals surface area contributed by atoms with Gasteiger partial charge in [-0.25, -0.2) is 0 Å². The number of amidine groups is 2. The highest BCUT2D eigenvalue weighted by Crippen LogP contribution is 2.35. The summed E-state index contributed by atoms with van der Waals surface area (Å²) in [5.41, 5.74) is 1.26. The highest BCUT2D eigenvalue weighted by Gasteiger charge is 2.35. The Hall–Kier alpha value is -3.88. The van der Waals surface area contributed by atoms with Gasteiger partial charge in [0.05, 0.1) is 5.57 Å². The second-order valence-electron chi connectivity index (χ2n) is 7.91. The molecule has 0 spiro atoms. The van der Waals surface area contributed by atoms with E-state index in [0.29, 0.717) is 22.4 Å². The van der Waals surface area contributed by atoms with Crippen LogP contribution in [0.2, 0.25) is 0 Å². The zero-order valence-electron chi connectivity index (χ0n) is 18.3. The molecule has 1 N–H and O–H groups in total. The predicted octanol–water partition coefficient (Wildman–Crippen LogP) is 6.45. The number of hydrogen-bond donors (Lipinski definition) is 1. The van der Waals surface area contributed by atoms with Gasteiger partial charge in [0, 0.05) is 11.3 Å². The van der Waals surface area contributed by atoms with Gasteiger partial charge >= 0.3 is 0 Å². The lowest BCUT2D eigenvalue weighted by Gasteiger charge is -2.19. The Morgan fingerprint density at radius 2 is 1.77 bits per heavy atom. The first-order valence-electron chi connectivity index (χ1n) is 10.9. The summed E-state index contributed by atoms with van der Waals surface area (Å²) in [6.45, 7) is 0. The smallest absolute Gasteiger partial charge is 0.283 e. The lowest BCUT2D eigenvalue weighted by molar-refractivity contribution is -0.114. The van der Waals surface area contributed by atoms with E-state index in [4.69, 9.17) is 9.83 Å². The van der Waals surface area contributed by atoms with E-state index in [0.717, 1.165) is 26.3 Å². The van der Waals surface area contributed by atoms with Crippen LogP contribution in [0.3, 0.4) is 0 Å². The average molecular weight is 495 g/mol. The molecule has 0 unspecified atom stereocenters. The number of hydrogen-bond acceptors (Lipinski definition) is 6. The number of rotatable bonds is 5. The molecule has 0 atom stereocenters. The Morgan fingerprint density at radius 1 is 0.971 bits per heavy atom. The summed E-state index contributed by atoms with van der Waals surface area (Å²) in [6, 6.07) is 28.0. The summed E-state index contributed by atoms with van der Waals surface area (Å²) in [6.07, 6.45) is 2.18. The van der Waals surface area contributed by atoms with Crippen molar-refractivity contribution in [1.29, 1.82) is 5.41 Å². The fourth-order valence-corrected chi connectivity index (χ4v) is 5.73. The average Bonchev–Trinajstić information content (AvgIpc) is 3.49. The SMILES string of the molecule is N=C1/C(=C\c2ccc(Sc3cccc4ccccc34)o2)C(=O)N=C2SC(Cc3ccccc3)=NN12. The Morgan fingerprint density at radius 3 is 2.66 bits per heavy atom. The van der Waals surface area contributed by atoms with Gasteiger partial charge in [-0.1, -0.05) is 78.5 Å². The molecule has 4 aromatic rings. The van der Waals surface area contributed by atoms with Crippen LogP contribution in [-0.2, 0) is 11.2 Å². The van der Waals surface area contributed by atoms with Crippen molar-refractivity contribution in [2.75, 3.05) is 0 Å².